The van der Waals surface area contributed by atoms with E-state index in [2.05, 4.69) is 26.6 Å². The second-order valence-electron chi connectivity index (χ2n) is 5.02. The van der Waals surface area contributed by atoms with Gasteiger partial charge in [-0.2, -0.15) is 0 Å². The Hall–Kier alpha value is -1.88. The summed E-state index contributed by atoms with van der Waals surface area (Å²) in [6, 6.07) is 13.7. The molecule has 0 aliphatic carbocycles. The van der Waals surface area contributed by atoms with Crippen LogP contribution in [0.5, 0.6) is 0 Å². The van der Waals surface area contributed by atoms with Crippen LogP contribution in [0.3, 0.4) is 0 Å². The van der Waals surface area contributed by atoms with Gasteiger partial charge in [-0.1, -0.05) is 46.3 Å². The third-order valence-electron chi connectivity index (χ3n) is 3.33. The molecule has 0 radical (unpaired) electrons. The summed E-state index contributed by atoms with van der Waals surface area (Å²) in [5.74, 6) is -0.253. The van der Waals surface area contributed by atoms with Crippen LogP contribution in [-0.4, -0.2) is 12.6 Å². The highest BCUT2D eigenvalue weighted by molar-refractivity contribution is 9.10. The van der Waals surface area contributed by atoms with Crippen LogP contribution in [0, 0.1) is 5.82 Å². The Morgan fingerprint density at radius 1 is 1.18 bits per heavy atom. The molecule has 116 valence electrons. The van der Waals surface area contributed by atoms with Crippen LogP contribution in [0.2, 0.25) is 0 Å². The average molecular weight is 365 g/mol. The van der Waals surface area contributed by atoms with E-state index in [0.29, 0.717) is 13.0 Å². The summed E-state index contributed by atoms with van der Waals surface area (Å²) >= 11 is 3.47. The van der Waals surface area contributed by atoms with Crippen LogP contribution < -0.4 is 10.6 Å². The van der Waals surface area contributed by atoms with Gasteiger partial charge in [0, 0.05) is 11.0 Å². The lowest BCUT2D eigenvalue weighted by molar-refractivity contribution is 0.238. The Labute approximate surface area is 138 Å². The standard InChI is InChI=1S/C17H18BrFN2O/c1-12(15-4-2-3-5-16(15)18)21-17(22)20-11-10-13-6-8-14(19)9-7-13/h2-9,12H,10-11H2,1H3,(H2,20,21,22)/t12-/m0/s1. The molecule has 2 N–H and O–H groups in total. The van der Waals surface area contributed by atoms with E-state index in [4.69, 9.17) is 0 Å². The molecule has 3 nitrogen and oxygen atoms in total. The summed E-state index contributed by atoms with van der Waals surface area (Å²) in [6.07, 6.45) is 0.664. The molecule has 0 aromatic heterocycles. The molecule has 0 fully saturated rings. The molecule has 1 atom stereocenters. The van der Waals surface area contributed by atoms with Crippen LogP contribution >= 0.6 is 15.9 Å². The zero-order valence-electron chi connectivity index (χ0n) is 12.3. The van der Waals surface area contributed by atoms with Crippen molar-refractivity contribution in [3.8, 4) is 0 Å². The number of amides is 2. The van der Waals surface area contributed by atoms with E-state index >= 15 is 0 Å². The summed E-state index contributed by atoms with van der Waals surface area (Å²) in [6.45, 7) is 2.43. The third-order valence-corrected chi connectivity index (χ3v) is 4.05. The van der Waals surface area contributed by atoms with Gasteiger partial charge in [0.2, 0.25) is 0 Å². The Bertz CT molecular complexity index is 631. The van der Waals surface area contributed by atoms with Crippen molar-refractivity contribution < 1.29 is 9.18 Å². The highest BCUT2D eigenvalue weighted by Crippen LogP contribution is 2.22. The van der Waals surface area contributed by atoms with Gasteiger partial charge in [0.15, 0.2) is 0 Å². The molecule has 0 bridgehead atoms. The van der Waals surface area contributed by atoms with Crippen LogP contribution in [0.4, 0.5) is 9.18 Å². The summed E-state index contributed by atoms with van der Waals surface area (Å²) in [5, 5.41) is 5.70. The molecule has 0 unspecified atom stereocenters. The lowest BCUT2D eigenvalue weighted by atomic mass is 10.1. The molecular weight excluding hydrogens is 347 g/mol. The molecule has 2 amide bonds. The van der Waals surface area contributed by atoms with Gasteiger partial charge in [-0.05, 0) is 42.7 Å². The van der Waals surface area contributed by atoms with Gasteiger partial charge >= 0.3 is 6.03 Å². The number of nitrogens with one attached hydrogen (secondary N) is 2. The molecule has 0 saturated carbocycles. The van der Waals surface area contributed by atoms with E-state index in [1.807, 2.05) is 31.2 Å². The molecule has 2 aromatic rings. The second kappa shape index (κ2) is 7.94. The largest absolute Gasteiger partial charge is 0.338 e. The Balaban J connectivity index is 1.78. The van der Waals surface area contributed by atoms with Crippen molar-refractivity contribution in [2.24, 2.45) is 0 Å². The first-order valence-electron chi connectivity index (χ1n) is 7.09. The summed E-state index contributed by atoms with van der Waals surface area (Å²) < 4.78 is 13.8. The van der Waals surface area contributed by atoms with E-state index < -0.39 is 0 Å². The summed E-state index contributed by atoms with van der Waals surface area (Å²) in [7, 11) is 0. The van der Waals surface area contributed by atoms with E-state index in [9.17, 15) is 9.18 Å². The first-order chi connectivity index (χ1) is 10.6. The Morgan fingerprint density at radius 3 is 2.55 bits per heavy atom. The fourth-order valence-corrected chi connectivity index (χ4v) is 2.75. The van der Waals surface area contributed by atoms with E-state index in [1.165, 1.54) is 12.1 Å². The van der Waals surface area contributed by atoms with Crippen molar-refractivity contribution in [3.63, 3.8) is 0 Å². The maximum absolute atomic E-state index is 12.8. The number of urea groups is 1. The Morgan fingerprint density at radius 2 is 1.86 bits per heavy atom. The molecule has 0 spiro atoms. The van der Waals surface area contributed by atoms with Gasteiger partial charge in [0.05, 0.1) is 6.04 Å². The predicted molar refractivity (Wildman–Crippen MR) is 89.2 cm³/mol. The van der Waals surface area contributed by atoms with Crippen LogP contribution in [0.1, 0.15) is 24.1 Å². The quantitative estimate of drug-likeness (QED) is 0.820. The molecule has 0 heterocycles. The number of halogens is 2. The van der Waals surface area contributed by atoms with Gasteiger partial charge in [-0.3, -0.25) is 0 Å². The van der Waals surface area contributed by atoms with E-state index in [-0.39, 0.29) is 17.9 Å². The fourth-order valence-electron chi connectivity index (χ4n) is 2.12. The maximum atomic E-state index is 12.8. The molecule has 5 heteroatoms. The Kier molecular flexibility index (Phi) is 5.95. The zero-order valence-corrected chi connectivity index (χ0v) is 13.9. The normalized spacial score (nSPS) is 11.8. The first kappa shape index (κ1) is 16.5. The fraction of sp³-hybridized carbons (Fsp3) is 0.235. The van der Waals surface area contributed by atoms with Crippen LogP contribution in [-0.2, 0) is 6.42 Å². The average Bonchev–Trinajstić information content (AvgIpc) is 2.49. The SMILES string of the molecule is C[C@H](NC(=O)NCCc1ccc(F)cc1)c1ccccc1Br. The predicted octanol–water partition coefficient (Wildman–Crippen LogP) is 4.19. The monoisotopic (exact) mass is 364 g/mol. The minimum Gasteiger partial charge on any atom is -0.338 e. The lowest BCUT2D eigenvalue weighted by Gasteiger charge is -2.16. The van der Waals surface area contributed by atoms with Gasteiger partial charge in [-0.25, -0.2) is 9.18 Å². The van der Waals surface area contributed by atoms with E-state index in [0.717, 1.165) is 15.6 Å². The van der Waals surface area contributed by atoms with Crippen LogP contribution in [0.25, 0.3) is 0 Å². The van der Waals surface area contributed by atoms with Crippen molar-refractivity contribution >= 4 is 22.0 Å². The van der Waals surface area contributed by atoms with Crippen LogP contribution in [0.15, 0.2) is 53.0 Å². The van der Waals surface area contributed by atoms with Crippen molar-refractivity contribution in [1.29, 1.82) is 0 Å². The molecule has 2 rings (SSSR count). The van der Waals surface area contributed by atoms with E-state index in [1.54, 1.807) is 12.1 Å². The molecular formula is C17H18BrFN2O. The molecule has 0 aliphatic heterocycles. The number of rotatable bonds is 5. The number of carbonyl (C=O) groups is 1. The highest BCUT2D eigenvalue weighted by Gasteiger charge is 2.11. The molecule has 22 heavy (non-hydrogen) atoms. The second-order valence-corrected chi connectivity index (χ2v) is 5.87. The van der Waals surface area contributed by atoms with Gasteiger partial charge in [0.1, 0.15) is 5.82 Å². The van der Waals surface area contributed by atoms with Crippen molar-refractivity contribution in [1.82, 2.24) is 10.6 Å². The minimum absolute atomic E-state index is 0.0959. The minimum atomic E-state index is -0.253. The number of benzene rings is 2. The molecule has 2 aromatic carbocycles. The van der Waals surface area contributed by atoms with Gasteiger partial charge in [0.25, 0.3) is 0 Å². The smallest absolute Gasteiger partial charge is 0.315 e. The van der Waals surface area contributed by atoms with Crippen molar-refractivity contribution in [3.05, 3.63) is 69.9 Å². The van der Waals surface area contributed by atoms with Gasteiger partial charge < -0.3 is 10.6 Å². The summed E-state index contributed by atoms with van der Waals surface area (Å²) in [5.41, 5.74) is 2.01. The number of carbonyl (C=O) groups excluding carboxylic acids is 1. The lowest BCUT2D eigenvalue weighted by Crippen LogP contribution is -2.38. The number of hydrogen-bond acceptors (Lipinski definition) is 1. The molecule has 0 saturated heterocycles. The third kappa shape index (κ3) is 4.84. The first-order valence-corrected chi connectivity index (χ1v) is 7.89. The number of hydrogen-bond donors (Lipinski definition) is 2. The topological polar surface area (TPSA) is 41.1 Å². The zero-order chi connectivity index (χ0) is 15.9. The molecule has 0 aliphatic rings. The van der Waals surface area contributed by atoms with Crippen molar-refractivity contribution in [2.45, 2.75) is 19.4 Å². The highest BCUT2D eigenvalue weighted by atomic mass is 79.9. The summed E-state index contributed by atoms with van der Waals surface area (Å²) in [4.78, 5) is 11.9. The van der Waals surface area contributed by atoms with Gasteiger partial charge in [-0.15, -0.1) is 0 Å². The van der Waals surface area contributed by atoms with Crippen molar-refractivity contribution in [2.75, 3.05) is 6.54 Å². The maximum Gasteiger partial charge on any atom is 0.315 e.